The number of aliphatic hydroxyl groups is 1. The largest absolute Gasteiger partial charge is 0.504 e. The monoisotopic (exact) mass is 372 g/mol. The molecule has 0 aromatic heterocycles. The summed E-state index contributed by atoms with van der Waals surface area (Å²) in [6, 6.07) is 15.3. The van der Waals surface area contributed by atoms with E-state index in [0.717, 1.165) is 63.8 Å². The highest BCUT2D eigenvalue weighted by molar-refractivity contribution is 5.40. The summed E-state index contributed by atoms with van der Waals surface area (Å²) < 4.78 is 0. The van der Waals surface area contributed by atoms with Gasteiger partial charge < -0.3 is 26.0 Å². The Morgan fingerprint density at radius 2 is 1.41 bits per heavy atom. The Kier molecular flexibility index (Phi) is 9.69. The molecule has 0 aliphatic heterocycles. The normalized spacial score (nSPS) is 12.2. The maximum absolute atomic E-state index is 10.0. The second-order valence-electron chi connectivity index (χ2n) is 6.89. The van der Waals surface area contributed by atoms with Gasteiger partial charge in [0.15, 0.2) is 11.5 Å². The second-order valence-corrected chi connectivity index (χ2v) is 6.89. The fourth-order valence-corrected chi connectivity index (χ4v) is 2.96. The number of phenolic OH excluding ortho intramolecular Hbond substituents is 2. The van der Waals surface area contributed by atoms with Crippen LogP contribution in [0.1, 0.15) is 30.4 Å². The molecule has 0 spiro atoms. The molecule has 0 aliphatic rings. The first-order chi connectivity index (χ1) is 13.1. The van der Waals surface area contributed by atoms with Crippen molar-refractivity contribution in [3.8, 4) is 11.5 Å². The summed E-state index contributed by atoms with van der Waals surface area (Å²) in [6.07, 6.45) is 4.06. The van der Waals surface area contributed by atoms with Gasteiger partial charge in [-0.2, -0.15) is 0 Å². The number of aliphatic hydroxyl groups excluding tert-OH is 1. The van der Waals surface area contributed by atoms with E-state index in [1.165, 1.54) is 11.6 Å². The molecule has 0 bridgehead atoms. The van der Waals surface area contributed by atoms with Crippen molar-refractivity contribution in [1.82, 2.24) is 10.6 Å². The molecule has 2 aromatic carbocycles. The molecule has 0 saturated heterocycles. The maximum atomic E-state index is 10.0. The molecule has 27 heavy (non-hydrogen) atoms. The van der Waals surface area contributed by atoms with Gasteiger partial charge in [-0.1, -0.05) is 36.4 Å². The van der Waals surface area contributed by atoms with E-state index in [1.54, 1.807) is 6.07 Å². The van der Waals surface area contributed by atoms with E-state index in [0.29, 0.717) is 0 Å². The Bertz CT molecular complexity index is 649. The van der Waals surface area contributed by atoms with E-state index in [4.69, 9.17) is 0 Å². The zero-order valence-corrected chi connectivity index (χ0v) is 15.9. The number of benzene rings is 2. The predicted molar refractivity (Wildman–Crippen MR) is 109 cm³/mol. The summed E-state index contributed by atoms with van der Waals surface area (Å²) >= 11 is 0. The summed E-state index contributed by atoms with van der Waals surface area (Å²) in [5, 5.41) is 35.5. The highest BCUT2D eigenvalue weighted by atomic mass is 16.3. The molecular weight excluding hydrogens is 340 g/mol. The van der Waals surface area contributed by atoms with Crippen molar-refractivity contribution >= 4 is 0 Å². The van der Waals surface area contributed by atoms with Crippen LogP contribution >= 0.6 is 0 Å². The molecule has 5 nitrogen and oxygen atoms in total. The first-order valence-corrected chi connectivity index (χ1v) is 9.79. The van der Waals surface area contributed by atoms with Crippen molar-refractivity contribution in [2.45, 2.75) is 38.2 Å². The molecule has 0 fully saturated rings. The van der Waals surface area contributed by atoms with Crippen molar-refractivity contribution in [2.75, 3.05) is 26.2 Å². The van der Waals surface area contributed by atoms with Crippen LogP contribution in [0, 0.1) is 0 Å². The molecule has 0 saturated carbocycles. The Labute approximate surface area is 162 Å². The summed E-state index contributed by atoms with van der Waals surface area (Å²) in [5.74, 6) is -0.164. The molecule has 5 N–H and O–H groups in total. The van der Waals surface area contributed by atoms with Crippen molar-refractivity contribution in [1.29, 1.82) is 0 Å². The molecule has 2 aromatic rings. The second kappa shape index (κ2) is 12.3. The third-order valence-electron chi connectivity index (χ3n) is 4.61. The van der Waals surface area contributed by atoms with Gasteiger partial charge in [-0.15, -0.1) is 0 Å². The zero-order chi connectivity index (χ0) is 19.3. The third kappa shape index (κ3) is 8.91. The Morgan fingerprint density at radius 3 is 2.15 bits per heavy atom. The minimum atomic E-state index is -0.259. The van der Waals surface area contributed by atoms with Gasteiger partial charge in [0.05, 0.1) is 6.10 Å². The van der Waals surface area contributed by atoms with Crippen molar-refractivity contribution in [3.05, 3.63) is 59.7 Å². The number of nitrogens with one attached hydrogen (secondary N) is 2. The zero-order valence-electron chi connectivity index (χ0n) is 15.9. The van der Waals surface area contributed by atoms with Gasteiger partial charge in [0, 0.05) is 0 Å². The topological polar surface area (TPSA) is 84.8 Å². The molecule has 148 valence electrons. The first kappa shape index (κ1) is 21.2. The lowest BCUT2D eigenvalue weighted by Gasteiger charge is -2.12. The van der Waals surface area contributed by atoms with Gasteiger partial charge in [0.2, 0.25) is 0 Å². The van der Waals surface area contributed by atoms with Crippen LogP contribution in [0.25, 0.3) is 0 Å². The van der Waals surface area contributed by atoms with E-state index in [9.17, 15) is 15.3 Å². The van der Waals surface area contributed by atoms with Gasteiger partial charge in [0.25, 0.3) is 0 Å². The lowest BCUT2D eigenvalue weighted by molar-refractivity contribution is 0.151. The van der Waals surface area contributed by atoms with E-state index >= 15 is 0 Å². The van der Waals surface area contributed by atoms with Crippen LogP contribution in [0.3, 0.4) is 0 Å². The lowest BCUT2D eigenvalue weighted by Crippen LogP contribution is -2.24. The molecule has 1 unspecified atom stereocenters. The van der Waals surface area contributed by atoms with Gasteiger partial charge in [-0.05, 0) is 81.5 Å². The molecule has 5 heteroatoms. The van der Waals surface area contributed by atoms with Crippen LogP contribution in [0.15, 0.2) is 48.5 Å². The summed E-state index contributed by atoms with van der Waals surface area (Å²) in [4.78, 5) is 0. The Hall–Kier alpha value is -2.08. The first-order valence-electron chi connectivity index (χ1n) is 9.79. The number of hydrogen-bond acceptors (Lipinski definition) is 5. The maximum Gasteiger partial charge on any atom is 0.157 e. The van der Waals surface area contributed by atoms with Crippen molar-refractivity contribution in [3.63, 3.8) is 0 Å². The van der Waals surface area contributed by atoms with Crippen molar-refractivity contribution < 1.29 is 15.3 Å². The third-order valence-corrected chi connectivity index (χ3v) is 4.61. The van der Waals surface area contributed by atoms with Gasteiger partial charge in [0.1, 0.15) is 0 Å². The molecular formula is C22H32N2O3. The smallest absolute Gasteiger partial charge is 0.157 e. The Balaban J connectivity index is 1.43. The van der Waals surface area contributed by atoms with E-state index < -0.39 is 0 Å². The van der Waals surface area contributed by atoms with Crippen LogP contribution in [-0.4, -0.2) is 47.6 Å². The molecule has 0 aliphatic carbocycles. The van der Waals surface area contributed by atoms with Crippen LogP contribution in [0.2, 0.25) is 0 Å². The number of rotatable bonds is 13. The standard InChI is InChI=1S/C22H32N2O3/c25-20(12-16-24-14-10-18-5-2-1-3-6-18)7-4-13-23-15-11-19-8-9-21(26)22(27)17-19/h1-3,5-6,8-9,17,20,23-27H,4,7,10-16H2. The fraction of sp³-hybridized carbons (Fsp3) is 0.455. The number of phenols is 2. The van der Waals surface area contributed by atoms with Gasteiger partial charge in [-0.3, -0.25) is 0 Å². The fourth-order valence-electron chi connectivity index (χ4n) is 2.96. The van der Waals surface area contributed by atoms with Gasteiger partial charge >= 0.3 is 0 Å². The minimum Gasteiger partial charge on any atom is -0.504 e. The van der Waals surface area contributed by atoms with E-state index in [2.05, 4.69) is 34.9 Å². The average molecular weight is 373 g/mol. The van der Waals surface area contributed by atoms with Crippen LogP contribution in [0.4, 0.5) is 0 Å². The summed E-state index contributed by atoms with van der Waals surface area (Å²) in [6.45, 7) is 3.45. The summed E-state index contributed by atoms with van der Waals surface area (Å²) in [5.41, 5.74) is 2.32. The van der Waals surface area contributed by atoms with Crippen LogP contribution in [-0.2, 0) is 12.8 Å². The average Bonchev–Trinajstić information content (AvgIpc) is 2.68. The van der Waals surface area contributed by atoms with Crippen molar-refractivity contribution in [2.24, 2.45) is 0 Å². The van der Waals surface area contributed by atoms with Crippen LogP contribution < -0.4 is 10.6 Å². The SMILES string of the molecule is Oc1ccc(CCNCCCC(O)CCNCCc2ccccc2)cc1O. The van der Waals surface area contributed by atoms with E-state index in [-0.39, 0.29) is 17.6 Å². The highest BCUT2D eigenvalue weighted by Gasteiger charge is 2.04. The van der Waals surface area contributed by atoms with Gasteiger partial charge in [-0.25, -0.2) is 0 Å². The quantitative estimate of drug-likeness (QED) is 0.276. The molecule has 2 rings (SSSR count). The molecule has 0 amide bonds. The predicted octanol–water partition coefficient (Wildman–Crippen LogP) is 2.59. The highest BCUT2D eigenvalue weighted by Crippen LogP contribution is 2.24. The molecule has 0 heterocycles. The van der Waals surface area contributed by atoms with Crippen LogP contribution in [0.5, 0.6) is 11.5 Å². The Morgan fingerprint density at radius 1 is 0.704 bits per heavy atom. The lowest BCUT2D eigenvalue weighted by atomic mass is 10.1. The molecule has 1 atom stereocenters. The minimum absolute atomic E-state index is 0.0759. The number of hydrogen-bond donors (Lipinski definition) is 5. The number of aromatic hydroxyl groups is 2. The summed E-state index contributed by atoms with van der Waals surface area (Å²) in [7, 11) is 0. The van der Waals surface area contributed by atoms with E-state index in [1.807, 2.05) is 12.1 Å². The molecule has 0 radical (unpaired) electrons.